The molecule has 1 aliphatic rings. The zero-order chi connectivity index (χ0) is 23.2. The molecule has 1 aromatic heterocycles. The maximum atomic E-state index is 14.9. The van der Waals surface area contributed by atoms with Gasteiger partial charge in [0, 0.05) is 48.0 Å². The lowest BCUT2D eigenvalue weighted by atomic mass is 10.1. The van der Waals surface area contributed by atoms with Crippen LogP contribution < -0.4 is 4.31 Å². The van der Waals surface area contributed by atoms with Gasteiger partial charge in [0.1, 0.15) is 16.8 Å². The first kappa shape index (κ1) is 23.8. The molecule has 2 heterocycles. The monoisotopic (exact) mass is 496 g/mol. The average molecular weight is 497 g/mol. The summed E-state index contributed by atoms with van der Waals surface area (Å²) in [5, 5.41) is 6.83. The lowest BCUT2D eigenvalue weighted by Gasteiger charge is -2.28. The van der Waals surface area contributed by atoms with Crippen molar-refractivity contribution in [2.24, 2.45) is 0 Å². The van der Waals surface area contributed by atoms with Crippen molar-refractivity contribution in [3.63, 3.8) is 0 Å². The van der Waals surface area contributed by atoms with E-state index >= 15 is 0 Å². The molecule has 33 heavy (non-hydrogen) atoms. The summed E-state index contributed by atoms with van der Waals surface area (Å²) >= 11 is 1.92. The van der Waals surface area contributed by atoms with Crippen LogP contribution in [0, 0.1) is 5.82 Å². The summed E-state index contributed by atoms with van der Waals surface area (Å²) in [5.74, 6) is 1.02. The molecule has 0 bridgehead atoms. The highest BCUT2D eigenvalue weighted by molar-refractivity contribution is 7.99. The van der Waals surface area contributed by atoms with E-state index < -0.39 is 29.1 Å². The van der Waals surface area contributed by atoms with Gasteiger partial charge in [0.25, 0.3) is 5.89 Å². The predicted molar refractivity (Wildman–Crippen MR) is 124 cm³/mol. The van der Waals surface area contributed by atoms with Gasteiger partial charge in [0.15, 0.2) is 0 Å². The molecule has 0 spiro atoms. The van der Waals surface area contributed by atoms with Crippen LogP contribution in [-0.4, -0.2) is 56.2 Å². The Morgan fingerprint density at radius 1 is 1.12 bits per heavy atom. The van der Waals surface area contributed by atoms with E-state index in [4.69, 9.17) is 4.42 Å². The predicted octanol–water partition coefficient (Wildman–Crippen LogP) is 4.53. The molecule has 1 saturated heterocycles. The minimum absolute atomic E-state index is 0.0880. The summed E-state index contributed by atoms with van der Waals surface area (Å²) < 4.78 is 60.1. The molecule has 4 rings (SSSR count). The van der Waals surface area contributed by atoms with Crippen molar-refractivity contribution in [1.29, 1.82) is 0 Å². The van der Waals surface area contributed by atoms with Crippen LogP contribution in [0.25, 0.3) is 11.5 Å². The van der Waals surface area contributed by atoms with Crippen LogP contribution in [-0.2, 0) is 17.5 Å². The smallest absolute Gasteiger partial charge is 0.314 e. The van der Waals surface area contributed by atoms with Crippen molar-refractivity contribution in [3.8, 4) is 11.5 Å². The van der Waals surface area contributed by atoms with Gasteiger partial charge in [-0.15, -0.1) is 10.2 Å². The summed E-state index contributed by atoms with van der Waals surface area (Å²) in [6, 6.07) is 13.4. The highest BCUT2D eigenvalue weighted by atomic mass is 32.2. The topological polar surface area (TPSA) is 62.5 Å². The fourth-order valence-corrected chi connectivity index (χ4v) is 5.67. The van der Waals surface area contributed by atoms with E-state index in [1.54, 1.807) is 4.31 Å². The first-order chi connectivity index (χ1) is 16.0. The number of aromatic nitrogens is 2. The fourth-order valence-electron chi connectivity index (χ4n) is 3.42. The van der Waals surface area contributed by atoms with E-state index in [1.807, 2.05) is 42.1 Å². The van der Waals surface area contributed by atoms with Gasteiger partial charge < -0.3 is 9.32 Å². The summed E-state index contributed by atoms with van der Waals surface area (Å²) in [4.78, 5) is 2.30. The molecule has 0 amide bonds. The van der Waals surface area contributed by atoms with Crippen LogP contribution in [0.3, 0.4) is 0 Å². The van der Waals surface area contributed by atoms with Gasteiger partial charge in [-0.05, 0) is 24.3 Å². The highest BCUT2D eigenvalue weighted by Gasteiger charge is 2.21. The molecule has 11 heteroatoms. The van der Waals surface area contributed by atoms with Gasteiger partial charge in [0.2, 0.25) is 5.89 Å². The zero-order valence-corrected chi connectivity index (χ0v) is 19.3. The van der Waals surface area contributed by atoms with Gasteiger partial charge >= 0.3 is 6.43 Å². The van der Waals surface area contributed by atoms with E-state index in [0.29, 0.717) is 17.9 Å². The molecule has 176 valence electrons. The SMILES string of the molecule is O=S(CCN1CCSCC1)N(Cc1ccc(-c2nnc(C(F)F)o2)cc1F)c1ccccc1. The molecule has 2 aromatic carbocycles. The van der Waals surface area contributed by atoms with Crippen molar-refractivity contribution in [2.45, 2.75) is 13.0 Å². The summed E-state index contributed by atoms with van der Waals surface area (Å²) in [6.07, 6.45) is -2.89. The molecule has 0 aliphatic carbocycles. The molecule has 0 saturated carbocycles. The maximum Gasteiger partial charge on any atom is 0.314 e. The van der Waals surface area contributed by atoms with Gasteiger partial charge in [0.05, 0.1) is 12.3 Å². The van der Waals surface area contributed by atoms with Crippen LogP contribution in [0.5, 0.6) is 0 Å². The molecule has 1 fully saturated rings. The van der Waals surface area contributed by atoms with Crippen LogP contribution in [0.2, 0.25) is 0 Å². The Labute approximate surface area is 196 Å². The lowest BCUT2D eigenvalue weighted by molar-refractivity contribution is 0.116. The Morgan fingerprint density at radius 3 is 2.55 bits per heavy atom. The number of para-hydroxylation sites is 1. The molecule has 3 aromatic rings. The number of hydrogen-bond acceptors (Lipinski definition) is 6. The van der Waals surface area contributed by atoms with Gasteiger partial charge in [-0.3, -0.25) is 4.31 Å². The Hall–Kier alpha value is -2.37. The molecule has 1 unspecified atom stereocenters. The van der Waals surface area contributed by atoms with E-state index in [2.05, 4.69) is 15.1 Å². The second kappa shape index (κ2) is 11.2. The number of alkyl halides is 2. The van der Waals surface area contributed by atoms with E-state index in [1.165, 1.54) is 12.1 Å². The van der Waals surface area contributed by atoms with Crippen molar-refractivity contribution in [3.05, 3.63) is 65.8 Å². The fraction of sp³-hybridized carbons (Fsp3) is 0.364. The largest absolute Gasteiger partial charge is 0.415 e. The van der Waals surface area contributed by atoms with Gasteiger partial charge in [-0.2, -0.15) is 20.5 Å². The van der Waals surface area contributed by atoms with E-state index in [-0.39, 0.29) is 18.0 Å². The number of benzene rings is 2. The van der Waals surface area contributed by atoms with Gasteiger partial charge in [-0.1, -0.05) is 24.3 Å². The van der Waals surface area contributed by atoms with E-state index in [9.17, 15) is 17.4 Å². The van der Waals surface area contributed by atoms with Crippen LogP contribution >= 0.6 is 11.8 Å². The van der Waals surface area contributed by atoms with Crippen molar-refractivity contribution >= 4 is 28.4 Å². The maximum absolute atomic E-state index is 14.9. The van der Waals surface area contributed by atoms with Crippen LogP contribution in [0.1, 0.15) is 17.9 Å². The number of halogens is 3. The zero-order valence-electron chi connectivity index (χ0n) is 17.7. The Bertz CT molecular complexity index is 1080. The van der Waals surface area contributed by atoms with Crippen LogP contribution in [0.4, 0.5) is 18.9 Å². The number of anilines is 1. The third-order valence-corrected chi connectivity index (χ3v) is 7.52. The Balaban J connectivity index is 1.51. The summed E-state index contributed by atoms with van der Waals surface area (Å²) in [6.45, 7) is 2.75. The number of hydrogen-bond donors (Lipinski definition) is 0. The number of nitrogens with zero attached hydrogens (tertiary/aromatic N) is 4. The lowest BCUT2D eigenvalue weighted by Crippen LogP contribution is -2.38. The normalized spacial score (nSPS) is 15.6. The summed E-state index contributed by atoms with van der Waals surface area (Å²) in [5.41, 5.74) is 1.25. The quantitative estimate of drug-likeness (QED) is 0.434. The summed E-state index contributed by atoms with van der Waals surface area (Å²) in [7, 11) is -1.37. The first-order valence-corrected chi connectivity index (χ1v) is 12.9. The molecule has 0 radical (unpaired) electrons. The minimum Gasteiger partial charge on any atom is -0.415 e. The highest BCUT2D eigenvalue weighted by Crippen LogP contribution is 2.26. The standard InChI is InChI=1S/C22H23F3N4O2S2/c23-19-14-16(21-26-27-22(31-21)20(24)25)6-7-17(19)15-29(18-4-2-1-3-5-18)33(30)13-10-28-8-11-32-12-9-28/h1-7,14,20H,8-13,15H2. The molecule has 1 atom stereocenters. The Morgan fingerprint density at radius 2 is 1.88 bits per heavy atom. The molecule has 1 aliphatic heterocycles. The molecular formula is C22H23F3N4O2S2. The number of thioether (sulfide) groups is 1. The number of rotatable bonds is 9. The van der Waals surface area contributed by atoms with E-state index in [0.717, 1.165) is 36.3 Å². The second-order valence-corrected chi connectivity index (χ2v) is 10.1. The second-order valence-electron chi connectivity index (χ2n) is 7.40. The Kier molecular flexibility index (Phi) is 8.05. The molecule has 0 N–H and O–H groups in total. The average Bonchev–Trinajstić information content (AvgIpc) is 3.34. The third-order valence-electron chi connectivity index (χ3n) is 5.22. The minimum atomic E-state index is -2.89. The van der Waals surface area contributed by atoms with Crippen LogP contribution in [0.15, 0.2) is 52.9 Å². The first-order valence-electron chi connectivity index (χ1n) is 10.4. The third kappa shape index (κ3) is 6.15. The van der Waals surface area contributed by atoms with Crippen molar-refractivity contribution < 1.29 is 21.8 Å². The van der Waals surface area contributed by atoms with Crippen molar-refractivity contribution in [1.82, 2.24) is 15.1 Å². The van der Waals surface area contributed by atoms with Crippen molar-refractivity contribution in [2.75, 3.05) is 41.2 Å². The van der Waals surface area contributed by atoms with Gasteiger partial charge in [-0.25, -0.2) is 8.60 Å². The molecule has 6 nitrogen and oxygen atoms in total. The molecular weight excluding hydrogens is 473 g/mol.